The van der Waals surface area contributed by atoms with E-state index in [-0.39, 0.29) is 0 Å². The van der Waals surface area contributed by atoms with Crippen LogP contribution in [0.25, 0.3) is 0 Å². The van der Waals surface area contributed by atoms with Crippen molar-refractivity contribution in [1.29, 1.82) is 0 Å². The van der Waals surface area contributed by atoms with Gasteiger partial charge < -0.3 is 33.5 Å². The fraction of sp³-hybridized carbons (Fsp3) is 0.714. The molecule has 1 heterocycles. The van der Waals surface area contributed by atoms with Crippen LogP contribution in [-0.4, -0.2) is 71.0 Å². The Morgan fingerprint density at radius 2 is 1.29 bits per heavy atom. The summed E-state index contributed by atoms with van der Waals surface area (Å²) in [5, 5.41) is 0. The second-order valence-corrected chi connectivity index (χ2v) is 6.86. The van der Waals surface area contributed by atoms with E-state index in [1.807, 2.05) is 0 Å². The van der Waals surface area contributed by atoms with E-state index >= 15 is 0 Å². The van der Waals surface area contributed by atoms with Gasteiger partial charge in [-0.3, -0.25) is 23.7 Å². The van der Waals surface area contributed by atoms with Crippen molar-refractivity contribution in [3.63, 3.8) is 0 Å². The minimum atomic E-state index is -5.16. The van der Waals surface area contributed by atoms with Crippen molar-refractivity contribution in [3.05, 3.63) is 0 Å². The van der Waals surface area contributed by atoms with Gasteiger partial charge in [0.1, 0.15) is 12.7 Å². The molecule has 1 aliphatic rings. The molecule has 160 valence electrons. The van der Waals surface area contributed by atoms with Crippen LogP contribution in [0.4, 0.5) is 0 Å². The quantitative estimate of drug-likeness (QED) is 0.292. The largest absolute Gasteiger partial charge is 0.472 e. The van der Waals surface area contributed by atoms with Gasteiger partial charge in [0.2, 0.25) is 6.29 Å². The molecule has 28 heavy (non-hydrogen) atoms. The highest BCUT2D eigenvalue weighted by Gasteiger charge is 2.54. The number of phosphoric acid groups is 1. The maximum atomic E-state index is 11.5. The van der Waals surface area contributed by atoms with E-state index in [2.05, 4.69) is 4.52 Å². The minimum Gasteiger partial charge on any atom is -0.463 e. The number of rotatable bonds is 7. The lowest BCUT2D eigenvalue weighted by Gasteiger charge is -2.43. The zero-order valence-corrected chi connectivity index (χ0v) is 16.3. The van der Waals surface area contributed by atoms with Crippen LogP contribution in [0.2, 0.25) is 0 Å². The Morgan fingerprint density at radius 1 is 0.821 bits per heavy atom. The second kappa shape index (κ2) is 9.94. The summed E-state index contributed by atoms with van der Waals surface area (Å²) in [7, 11) is -5.16. The molecule has 1 rings (SSSR count). The zero-order valence-electron chi connectivity index (χ0n) is 15.4. The predicted molar refractivity (Wildman–Crippen MR) is 85.1 cm³/mol. The highest BCUT2D eigenvalue weighted by Crippen LogP contribution is 2.42. The molecule has 1 aliphatic heterocycles. The molecule has 2 N–H and O–H groups in total. The van der Waals surface area contributed by atoms with E-state index in [1.165, 1.54) is 0 Å². The molecule has 0 amide bonds. The SMILES string of the molecule is CC(=O)OC[C@H]1O[C@H](OP(=O)(O)O)[C@H](OC(C)=O)[C@@H](OC(C)=O)[C@H]1OC(C)=O. The van der Waals surface area contributed by atoms with Crippen LogP contribution in [0, 0.1) is 0 Å². The first-order chi connectivity index (χ1) is 12.8. The number of esters is 4. The Balaban J connectivity index is 3.34. The van der Waals surface area contributed by atoms with Crippen LogP contribution >= 0.6 is 7.82 Å². The van der Waals surface area contributed by atoms with E-state index in [1.54, 1.807) is 0 Å². The van der Waals surface area contributed by atoms with Crippen molar-refractivity contribution in [2.75, 3.05) is 6.61 Å². The fourth-order valence-electron chi connectivity index (χ4n) is 2.41. The van der Waals surface area contributed by atoms with E-state index in [0.29, 0.717) is 0 Å². The highest BCUT2D eigenvalue weighted by molar-refractivity contribution is 7.46. The molecule has 0 unspecified atom stereocenters. The van der Waals surface area contributed by atoms with Gasteiger partial charge in [-0.1, -0.05) is 0 Å². The molecule has 0 spiro atoms. The van der Waals surface area contributed by atoms with E-state index < -0.39 is 69.0 Å². The Hall–Kier alpha value is -2.05. The molecule has 0 radical (unpaired) electrons. The number of carbonyl (C=O) groups is 4. The Kier molecular flexibility index (Phi) is 8.51. The van der Waals surface area contributed by atoms with Crippen LogP contribution in [0.15, 0.2) is 0 Å². The summed E-state index contributed by atoms with van der Waals surface area (Å²) in [5.74, 6) is -3.38. The first-order valence-electron chi connectivity index (χ1n) is 7.84. The smallest absolute Gasteiger partial charge is 0.463 e. The molecule has 0 aromatic heterocycles. The van der Waals surface area contributed by atoms with Gasteiger partial charge in [0, 0.05) is 27.7 Å². The molecule has 5 atom stereocenters. The number of phosphoric ester groups is 1. The van der Waals surface area contributed by atoms with Gasteiger partial charge in [-0.15, -0.1) is 0 Å². The third-order valence-electron chi connectivity index (χ3n) is 3.19. The molecular formula is C14H21O13P. The van der Waals surface area contributed by atoms with Gasteiger partial charge in [0.05, 0.1) is 0 Å². The molecule has 0 aliphatic carbocycles. The van der Waals surface area contributed by atoms with Gasteiger partial charge in [0.25, 0.3) is 0 Å². The number of carbonyl (C=O) groups excluding carboxylic acids is 4. The zero-order chi connectivity index (χ0) is 21.6. The van der Waals surface area contributed by atoms with Crippen LogP contribution < -0.4 is 0 Å². The summed E-state index contributed by atoms with van der Waals surface area (Å²) in [6.45, 7) is 3.56. The Labute approximate surface area is 159 Å². The normalized spacial score (nSPS) is 27.4. The summed E-state index contributed by atoms with van der Waals surface area (Å²) >= 11 is 0. The first-order valence-corrected chi connectivity index (χ1v) is 9.37. The van der Waals surface area contributed by atoms with Gasteiger partial charge in [-0.2, -0.15) is 0 Å². The molecule has 0 aromatic rings. The van der Waals surface area contributed by atoms with E-state index in [4.69, 9.17) is 33.5 Å². The summed E-state index contributed by atoms with van der Waals surface area (Å²) in [6, 6.07) is 0. The van der Waals surface area contributed by atoms with Crippen LogP contribution in [0.3, 0.4) is 0 Å². The van der Waals surface area contributed by atoms with Gasteiger partial charge in [-0.25, -0.2) is 4.57 Å². The summed E-state index contributed by atoms with van der Waals surface area (Å²) < 4.78 is 40.9. The molecule has 13 nitrogen and oxygen atoms in total. The van der Waals surface area contributed by atoms with E-state index in [9.17, 15) is 23.7 Å². The molecule has 14 heteroatoms. The van der Waals surface area contributed by atoms with Crippen molar-refractivity contribution in [2.24, 2.45) is 0 Å². The number of hydrogen-bond donors (Lipinski definition) is 2. The standard InChI is InChI=1S/C14H21O13P/c1-6(15)22-5-10-11(23-7(2)16)12(24-8(3)17)13(25-9(4)18)14(26-10)27-28(19,20)21/h10-14H,5H2,1-4H3,(H2,19,20,21)/t10-,11+,12+,13-,14-/m1/s1. The lowest BCUT2D eigenvalue weighted by molar-refractivity contribution is -0.291. The Bertz CT molecular complexity index is 656. The third kappa shape index (κ3) is 7.90. The molecule has 1 saturated heterocycles. The van der Waals surface area contributed by atoms with Crippen molar-refractivity contribution in [3.8, 4) is 0 Å². The predicted octanol–water partition coefficient (Wildman–Crippen LogP) is -0.821. The molecule has 1 fully saturated rings. The maximum absolute atomic E-state index is 11.5. The van der Waals surface area contributed by atoms with Crippen molar-refractivity contribution in [1.82, 2.24) is 0 Å². The fourth-order valence-corrected chi connectivity index (χ4v) is 2.85. The average molecular weight is 428 g/mol. The van der Waals surface area contributed by atoms with Gasteiger partial charge >= 0.3 is 31.7 Å². The molecule has 0 bridgehead atoms. The van der Waals surface area contributed by atoms with Crippen LogP contribution in [0.1, 0.15) is 27.7 Å². The summed E-state index contributed by atoms with van der Waals surface area (Å²) in [5.41, 5.74) is 0. The maximum Gasteiger partial charge on any atom is 0.472 e. The Morgan fingerprint density at radius 3 is 1.71 bits per heavy atom. The molecule has 0 aromatic carbocycles. The van der Waals surface area contributed by atoms with Crippen molar-refractivity contribution < 1.29 is 61.7 Å². The van der Waals surface area contributed by atoms with E-state index in [0.717, 1.165) is 27.7 Å². The van der Waals surface area contributed by atoms with Crippen LogP contribution in [-0.2, 0) is 52.0 Å². The van der Waals surface area contributed by atoms with Crippen LogP contribution in [0.5, 0.6) is 0 Å². The topological polar surface area (TPSA) is 181 Å². The lowest BCUT2D eigenvalue weighted by Crippen LogP contribution is -2.62. The molecule has 0 saturated carbocycles. The van der Waals surface area contributed by atoms with Gasteiger partial charge in [-0.05, 0) is 0 Å². The number of ether oxygens (including phenoxy) is 5. The summed E-state index contributed by atoms with van der Waals surface area (Å²) in [4.78, 5) is 63.7. The first kappa shape index (κ1) is 24.0. The second-order valence-electron chi connectivity index (χ2n) is 5.66. The van der Waals surface area contributed by atoms with Gasteiger partial charge in [0.15, 0.2) is 18.3 Å². The average Bonchev–Trinajstić information content (AvgIpc) is 2.48. The monoisotopic (exact) mass is 428 g/mol. The van der Waals surface area contributed by atoms with Crippen molar-refractivity contribution >= 4 is 31.7 Å². The third-order valence-corrected chi connectivity index (χ3v) is 3.67. The molecular weight excluding hydrogens is 407 g/mol. The number of hydrogen-bond acceptors (Lipinski definition) is 11. The van der Waals surface area contributed by atoms with Crippen molar-refractivity contribution in [2.45, 2.75) is 58.4 Å². The lowest BCUT2D eigenvalue weighted by atomic mass is 9.98. The highest BCUT2D eigenvalue weighted by atomic mass is 31.2. The minimum absolute atomic E-state index is 0.543. The summed E-state index contributed by atoms with van der Waals surface area (Å²) in [6.07, 6.45) is -8.01.